The van der Waals surface area contributed by atoms with Gasteiger partial charge in [-0.1, -0.05) is 30.3 Å². The van der Waals surface area contributed by atoms with Gasteiger partial charge in [-0.3, -0.25) is 0 Å². The van der Waals surface area contributed by atoms with Gasteiger partial charge in [0, 0.05) is 12.3 Å². The minimum atomic E-state index is -0.720. The standard InChI is InChI=1S/C12H14O2/c1-2-9-10-6-4-3-5-8(10)7-11(13)12(9)14/h2-6,9,11-14H,1,7H2. The van der Waals surface area contributed by atoms with Gasteiger partial charge in [0.15, 0.2) is 0 Å². The molecule has 1 aliphatic carbocycles. The molecule has 0 saturated carbocycles. The SMILES string of the molecule is C=CC1c2ccccc2CC(O)C1O. The van der Waals surface area contributed by atoms with Gasteiger partial charge in [-0.2, -0.15) is 0 Å². The van der Waals surface area contributed by atoms with Crippen LogP contribution in [-0.2, 0) is 6.42 Å². The van der Waals surface area contributed by atoms with Crippen LogP contribution in [-0.4, -0.2) is 22.4 Å². The third-order valence-electron chi connectivity index (χ3n) is 2.86. The fraction of sp³-hybridized carbons (Fsp3) is 0.333. The summed E-state index contributed by atoms with van der Waals surface area (Å²) in [7, 11) is 0. The van der Waals surface area contributed by atoms with Crippen molar-refractivity contribution >= 4 is 0 Å². The molecular formula is C12H14O2. The van der Waals surface area contributed by atoms with Gasteiger partial charge in [0.05, 0.1) is 12.2 Å². The second-order valence-electron chi connectivity index (χ2n) is 3.72. The van der Waals surface area contributed by atoms with Crippen LogP contribution >= 0.6 is 0 Å². The van der Waals surface area contributed by atoms with Crippen LogP contribution in [0.2, 0.25) is 0 Å². The highest BCUT2D eigenvalue weighted by molar-refractivity contribution is 5.37. The largest absolute Gasteiger partial charge is 0.390 e. The van der Waals surface area contributed by atoms with Gasteiger partial charge in [-0.05, 0) is 11.1 Å². The van der Waals surface area contributed by atoms with Gasteiger partial charge in [0.25, 0.3) is 0 Å². The molecule has 2 nitrogen and oxygen atoms in total. The summed E-state index contributed by atoms with van der Waals surface area (Å²) in [6.45, 7) is 3.70. The first-order valence-corrected chi connectivity index (χ1v) is 4.80. The van der Waals surface area contributed by atoms with E-state index in [1.165, 1.54) is 0 Å². The molecule has 14 heavy (non-hydrogen) atoms. The smallest absolute Gasteiger partial charge is 0.0905 e. The topological polar surface area (TPSA) is 40.5 Å². The monoisotopic (exact) mass is 190 g/mol. The van der Waals surface area contributed by atoms with Crippen molar-refractivity contribution < 1.29 is 10.2 Å². The minimum absolute atomic E-state index is 0.144. The van der Waals surface area contributed by atoms with Crippen molar-refractivity contribution in [1.29, 1.82) is 0 Å². The van der Waals surface area contributed by atoms with Crippen LogP contribution < -0.4 is 0 Å². The van der Waals surface area contributed by atoms with E-state index < -0.39 is 12.2 Å². The van der Waals surface area contributed by atoms with E-state index in [0.29, 0.717) is 6.42 Å². The molecule has 0 amide bonds. The maximum absolute atomic E-state index is 9.76. The van der Waals surface area contributed by atoms with Crippen LogP contribution in [0, 0.1) is 0 Å². The molecule has 0 fully saturated rings. The van der Waals surface area contributed by atoms with E-state index in [-0.39, 0.29) is 5.92 Å². The molecule has 2 N–H and O–H groups in total. The number of rotatable bonds is 1. The lowest BCUT2D eigenvalue weighted by Gasteiger charge is -2.32. The molecule has 0 spiro atoms. The Labute approximate surface area is 83.5 Å². The molecule has 0 bridgehead atoms. The molecule has 3 atom stereocenters. The first kappa shape index (κ1) is 9.44. The highest BCUT2D eigenvalue weighted by Gasteiger charge is 2.32. The van der Waals surface area contributed by atoms with E-state index in [1.54, 1.807) is 6.08 Å². The molecule has 1 aromatic carbocycles. The summed E-state index contributed by atoms with van der Waals surface area (Å²) in [5.74, 6) is -0.144. The summed E-state index contributed by atoms with van der Waals surface area (Å²) < 4.78 is 0. The van der Waals surface area contributed by atoms with E-state index in [2.05, 4.69) is 6.58 Å². The summed E-state index contributed by atoms with van der Waals surface area (Å²) in [6, 6.07) is 7.86. The van der Waals surface area contributed by atoms with E-state index in [0.717, 1.165) is 11.1 Å². The number of aliphatic hydroxyl groups is 2. The Bertz CT molecular complexity index is 346. The number of benzene rings is 1. The average Bonchev–Trinajstić information content (AvgIpc) is 2.20. The van der Waals surface area contributed by atoms with Crippen LogP contribution in [0.5, 0.6) is 0 Å². The Hall–Kier alpha value is -1.12. The fourth-order valence-corrected chi connectivity index (χ4v) is 2.08. The Morgan fingerprint density at radius 1 is 1.29 bits per heavy atom. The number of fused-ring (bicyclic) bond motifs is 1. The van der Waals surface area contributed by atoms with Crippen LogP contribution in [0.4, 0.5) is 0 Å². The summed E-state index contributed by atoms with van der Waals surface area (Å²) in [5, 5.41) is 19.4. The van der Waals surface area contributed by atoms with E-state index >= 15 is 0 Å². The summed E-state index contributed by atoms with van der Waals surface area (Å²) in [6.07, 6.45) is 0.836. The summed E-state index contributed by atoms with van der Waals surface area (Å²) >= 11 is 0. The van der Waals surface area contributed by atoms with Gasteiger partial charge in [0.1, 0.15) is 0 Å². The Balaban J connectivity index is 2.47. The lowest BCUT2D eigenvalue weighted by molar-refractivity contribution is 0.00476. The lowest BCUT2D eigenvalue weighted by atomic mass is 9.79. The predicted molar refractivity (Wildman–Crippen MR) is 55.1 cm³/mol. The lowest BCUT2D eigenvalue weighted by Crippen LogP contribution is -2.37. The zero-order chi connectivity index (χ0) is 10.1. The van der Waals surface area contributed by atoms with Gasteiger partial charge in [-0.15, -0.1) is 6.58 Å². The molecule has 2 rings (SSSR count). The molecule has 1 aromatic rings. The second-order valence-corrected chi connectivity index (χ2v) is 3.72. The van der Waals surface area contributed by atoms with E-state index in [9.17, 15) is 10.2 Å². The third kappa shape index (κ3) is 1.37. The van der Waals surface area contributed by atoms with Crippen LogP contribution in [0.15, 0.2) is 36.9 Å². The second kappa shape index (κ2) is 3.56. The van der Waals surface area contributed by atoms with Gasteiger partial charge < -0.3 is 10.2 Å². The van der Waals surface area contributed by atoms with Crippen molar-refractivity contribution in [1.82, 2.24) is 0 Å². The van der Waals surface area contributed by atoms with Crippen molar-refractivity contribution in [2.75, 3.05) is 0 Å². The highest BCUT2D eigenvalue weighted by atomic mass is 16.3. The number of hydrogen-bond donors (Lipinski definition) is 2. The third-order valence-corrected chi connectivity index (χ3v) is 2.86. The van der Waals surface area contributed by atoms with Crippen LogP contribution in [0.25, 0.3) is 0 Å². The van der Waals surface area contributed by atoms with Crippen molar-refractivity contribution in [2.45, 2.75) is 24.5 Å². The van der Waals surface area contributed by atoms with Crippen LogP contribution in [0.1, 0.15) is 17.0 Å². The molecule has 3 unspecified atom stereocenters. The first-order valence-electron chi connectivity index (χ1n) is 4.80. The fourth-order valence-electron chi connectivity index (χ4n) is 2.08. The van der Waals surface area contributed by atoms with Crippen LogP contribution in [0.3, 0.4) is 0 Å². The average molecular weight is 190 g/mol. The molecule has 74 valence electrons. The highest BCUT2D eigenvalue weighted by Crippen LogP contribution is 2.32. The predicted octanol–water partition coefficient (Wildman–Crippen LogP) is 1.23. The Kier molecular flexibility index (Phi) is 2.40. The summed E-state index contributed by atoms with van der Waals surface area (Å²) in [4.78, 5) is 0. The van der Waals surface area contributed by atoms with Gasteiger partial charge in [-0.25, -0.2) is 0 Å². The first-order chi connectivity index (χ1) is 6.74. The molecule has 0 aromatic heterocycles. The van der Waals surface area contributed by atoms with Crippen molar-refractivity contribution in [3.8, 4) is 0 Å². The number of aliphatic hydroxyl groups excluding tert-OH is 2. The maximum atomic E-state index is 9.76. The molecule has 0 radical (unpaired) electrons. The molecule has 0 aliphatic heterocycles. The zero-order valence-corrected chi connectivity index (χ0v) is 7.93. The zero-order valence-electron chi connectivity index (χ0n) is 7.93. The molecular weight excluding hydrogens is 176 g/mol. The van der Waals surface area contributed by atoms with E-state index in [4.69, 9.17) is 0 Å². The Morgan fingerprint density at radius 3 is 2.71 bits per heavy atom. The normalized spacial score (nSPS) is 30.9. The number of hydrogen-bond acceptors (Lipinski definition) is 2. The quantitative estimate of drug-likeness (QED) is 0.654. The van der Waals surface area contributed by atoms with Crippen molar-refractivity contribution in [3.05, 3.63) is 48.0 Å². The molecule has 1 aliphatic rings. The Morgan fingerprint density at radius 2 is 2.00 bits per heavy atom. The maximum Gasteiger partial charge on any atom is 0.0905 e. The van der Waals surface area contributed by atoms with E-state index in [1.807, 2.05) is 24.3 Å². The van der Waals surface area contributed by atoms with Gasteiger partial charge >= 0.3 is 0 Å². The van der Waals surface area contributed by atoms with Gasteiger partial charge in [0.2, 0.25) is 0 Å². The van der Waals surface area contributed by atoms with Crippen molar-refractivity contribution in [3.63, 3.8) is 0 Å². The molecule has 0 heterocycles. The minimum Gasteiger partial charge on any atom is -0.390 e. The molecule has 2 heteroatoms. The molecule has 0 saturated heterocycles. The van der Waals surface area contributed by atoms with Crippen molar-refractivity contribution in [2.24, 2.45) is 0 Å². The summed E-state index contributed by atoms with van der Waals surface area (Å²) in [5.41, 5.74) is 2.19.